The Morgan fingerprint density at radius 2 is 1.60 bits per heavy atom. The Morgan fingerprint density at radius 3 is 2.20 bits per heavy atom. The molecule has 1 aromatic rings. The van der Waals surface area contributed by atoms with Crippen LogP contribution in [0.4, 0.5) is 0 Å². The van der Waals surface area contributed by atoms with Crippen LogP contribution in [0.25, 0.3) is 0 Å². The molecule has 1 aromatic carbocycles. The summed E-state index contributed by atoms with van der Waals surface area (Å²) in [7, 11) is -0.172. The smallest absolute Gasteiger partial charge is 0.400 e. The highest BCUT2D eigenvalue weighted by Crippen LogP contribution is 2.42. The first-order chi connectivity index (χ1) is 9.39. The molecule has 0 spiro atoms. The van der Waals surface area contributed by atoms with E-state index in [1.807, 2.05) is 0 Å². The van der Waals surface area contributed by atoms with E-state index < -0.39 is 0 Å². The van der Waals surface area contributed by atoms with Crippen LogP contribution in [-0.4, -0.2) is 18.3 Å². The Bertz CT molecular complexity index is 503. The van der Waals surface area contributed by atoms with Crippen molar-refractivity contribution in [3.8, 4) is 0 Å². The summed E-state index contributed by atoms with van der Waals surface area (Å²) < 4.78 is 12.3. The minimum atomic E-state index is -0.247. The van der Waals surface area contributed by atoms with E-state index in [2.05, 4.69) is 64.1 Å². The monoisotopic (exact) mass is 270 g/mol. The molecule has 0 N–H and O–H groups in total. The second kappa shape index (κ2) is 4.75. The number of allylic oxidation sites excluding steroid dienone is 2. The van der Waals surface area contributed by atoms with Gasteiger partial charge in [0, 0.05) is 5.92 Å². The summed E-state index contributed by atoms with van der Waals surface area (Å²) in [5.41, 5.74) is 2.20. The van der Waals surface area contributed by atoms with E-state index in [-0.39, 0.29) is 18.3 Å². The summed E-state index contributed by atoms with van der Waals surface area (Å²) in [6.07, 6.45) is 4.57. The van der Waals surface area contributed by atoms with Gasteiger partial charge in [-0.1, -0.05) is 36.4 Å². The van der Waals surface area contributed by atoms with Crippen LogP contribution in [0.2, 0.25) is 0 Å². The first-order valence-corrected chi connectivity index (χ1v) is 7.50. The number of hydrogen-bond acceptors (Lipinski definition) is 2. The van der Waals surface area contributed by atoms with Gasteiger partial charge in [0.15, 0.2) is 0 Å². The summed E-state index contributed by atoms with van der Waals surface area (Å²) in [6.45, 7) is 8.43. The van der Waals surface area contributed by atoms with Crippen LogP contribution in [-0.2, 0) is 9.31 Å². The molecule has 0 aromatic heterocycles. The summed E-state index contributed by atoms with van der Waals surface area (Å²) in [6, 6.07) is 10.7. The van der Waals surface area contributed by atoms with Crippen molar-refractivity contribution in [1.82, 2.24) is 0 Å². The third-order valence-electron chi connectivity index (χ3n) is 4.94. The van der Waals surface area contributed by atoms with Crippen molar-refractivity contribution in [2.75, 3.05) is 0 Å². The molecule has 2 nitrogen and oxygen atoms in total. The molecule has 3 rings (SSSR count). The Hall–Kier alpha value is -1.06. The molecule has 1 aliphatic heterocycles. The van der Waals surface area contributed by atoms with Crippen LogP contribution in [0.3, 0.4) is 0 Å². The van der Waals surface area contributed by atoms with Gasteiger partial charge in [-0.2, -0.15) is 0 Å². The maximum Gasteiger partial charge on any atom is 0.490 e. The van der Waals surface area contributed by atoms with E-state index in [1.54, 1.807) is 0 Å². The van der Waals surface area contributed by atoms with Gasteiger partial charge >= 0.3 is 7.12 Å². The third kappa shape index (κ3) is 2.34. The van der Waals surface area contributed by atoms with Gasteiger partial charge in [0.05, 0.1) is 11.2 Å². The zero-order chi connectivity index (χ0) is 14.4. The standard InChI is InChI=1S/C17H23BO2/c1-16(2)17(3,4)20-18(19-16)15-11-10-14(12-15)13-8-6-5-7-9-13/h5-9,12,14H,10-11H2,1-4H3. The molecular weight excluding hydrogens is 247 g/mol. The Morgan fingerprint density at radius 1 is 1.00 bits per heavy atom. The Labute approximate surface area is 122 Å². The van der Waals surface area contributed by atoms with Gasteiger partial charge in [-0.15, -0.1) is 0 Å². The largest absolute Gasteiger partial charge is 0.490 e. The maximum atomic E-state index is 6.14. The lowest BCUT2D eigenvalue weighted by Crippen LogP contribution is -2.41. The molecule has 1 unspecified atom stereocenters. The van der Waals surface area contributed by atoms with Gasteiger partial charge in [-0.25, -0.2) is 0 Å². The minimum Gasteiger partial charge on any atom is -0.400 e. The molecule has 0 saturated carbocycles. The van der Waals surface area contributed by atoms with Crippen LogP contribution in [0.15, 0.2) is 41.9 Å². The molecule has 106 valence electrons. The van der Waals surface area contributed by atoms with E-state index >= 15 is 0 Å². The fourth-order valence-electron chi connectivity index (χ4n) is 2.90. The van der Waals surface area contributed by atoms with Crippen molar-refractivity contribution in [3.05, 3.63) is 47.4 Å². The zero-order valence-corrected chi connectivity index (χ0v) is 12.8. The topological polar surface area (TPSA) is 18.5 Å². The Kier molecular flexibility index (Phi) is 3.30. The molecule has 1 fully saturated rings. The molecule has 0 amide bonds. The highest BCUT2D eigenvalue weighted by Gasteiger charge is 2.52. The quantitative estimate of drug-likeness (QED) is 0.752. The molecule has 1 atom stereocenters. The van der Waals surface area contributed by atoms with Crippen LogP contribution >= 0.6 is 0 Å². The number of benzene rings is 1. The third-order valence-corrected chi connectivity index (χ3v) is 4.94. The first kappa shape index (κ1) is 13.9. The van der Waals surface area contributed by atoms with E-state index in [9.17, 15) is 0 Å². The Balaban J connectivity index is 1.77. The summed E-state index contributed by atoms with van der Waals surface area (Å²) >= 11 is 0. The minimum absolute atomic E-state index is 0.172. The van der Waals surface area contributed by atoms with Crippen molar-refractivity contribution in [1.29, 1.82) is 0 Å². The lowest BCUT2D eigenvalue weighted by molar-refractivity contribution is 0.00578. The van der Waals surface area contributed by atoms with Crippen LogP contribution in [0.1, 0.15) is 52.0 Å². The predicted octanol–water partition coefficient (Wildman–Crippen LogP) is 4.12. The van der Waals surface area contributed by atoms with E-state index in [0.717, 1.165) is 12.8 Å². The summed E-state index contributed by atoms with van der Waals surface area (Å²) in [5, 5.41) is 0. The van der Waals surface area contributed by atoms with Gasteiger partial charge in [0.2, 0.25) is 0 Å². The second-order valence-corrected chi connectivity index (χ2v) is 6.89. The van der Waals surface area contributed by atoms with Crippen molar-refractivity contribution < 1.29 is 9.31 Å². The normalized spacial score (nSPS) is 27.7. The molecule has 20 heavy (non-hydrogen) atoms. The van der Waals surface area contributed by atoms with Crippen LogP contribution < -0.4 is 0 Å². The average molecular weight is 270 g/mol. The van der Waals surface area contributed by atoms with Gasteiger partial charge in [0.1, 0.15) is 0 Å². The molecule has 2 aliphatic rings. The fraction of sp³-hybridized carbons (Fsp3) is 0.529. The molecule has 0 bridgehead atoms. The second-order valence-electron chi connectivity index (χ2n) is 6.89. The van der Waals surface area contributed by atoms with Crippen molar-refractivity contribution >= 4 is 7.12 Å². The van der Waals surface area contributed by atoms with E-state index in [0.29, 0.717) is 5.92 Å². The highest BCUT2D eigenvalue weighted by atomic mass is 16.7. The molecule has 0 radical (unpaired) electrons. The zero-order valence-electron chi connectivity index (χ0n) is 12.8. The van der Waals surface area contributed by atoms with Crippen molar-refractivity contribution in [3.63, 3.8) is 0 Å². The predicted molar refractivity (Wildman–Crippen MR) is 82.6 cm³/mol. The fourth-order valence-corrected chi connectivity index (χ4v) is 2.90. The number of rotatable bonds is 2. The van der Waals surface area contributed by atoms with Crippen LogP contribution in [0.5, 0.6) is 0 Å². The summed E-state index contributed by atoms with van der Waals surface area (Å²) in [5.74, 6) is 0.505. The molecule has 1 aliphatic carbocycles. The van der Waals surface area contributed by atoms with Crippen molar-refractivity contribution in [2.45, 2.75) is 57.7 Å². The SMILES string of the molecule is CC1(C)OB(C2=CC(c3ccccc3)CC2)OC1(C)C. The van der Waals surface area contributed by atoms with Crippen molar-refractivity contribution in [2.24, 2.45) is 0 Å². The van der Waals surface area contributed by atoms with E-state index in [4.69, 9.17) is 9.31 Å². The van der Waals surface area contributed by atoms with Crippen LogP contribution in [0, 0.1) is 0 Å². The molecule has 1 saturated heterocycles. The highest BCUT2D eigenvalue weighted by molar-refractivity contribution is 6.54. The number of hydrogen-bond donors (Lipinski definition) is 0. The van der Waals surface area contributed by atoms with Gasteiger partial charge in [-0.05, 0) is 51.6 Å². The van der Waals surface area contributed by atoms with E-state index in [1.165, 1.54) is 11.0 Å². The molecule has 1 heterocycles. The van der Waals surface area contributed by atoms with Gasteiger partial charge in [-0.3, -0.25) is 0 Å². The first-order valence-electron chi connectivity index (χ1n) is 7.50. The van der Waals surface area contributed by atoms with Gasteiger partial charge in [0.25, 0.3) is 0 Å². The lowest BCUT2D eigenvalue weighted by Gasteiger charge is -2.32. The average Bonchev–Trinajstić information content (AvgIpc) is 2.94. The maximum absolute atomic E-state index is 6.14. The molecular formula is C17H23BO2. The van der Waals surface area contributed by atoms with Gasteiger partial charge < -0.3 is 9.31 Å². The molecule has 3 heteroatoms. The lowest BCUT2D eigenvalue weighted by atomic mass is 9.78. The summed E-state index contributed by atoms with van der Waals surface area (Å²) in [4.78, 5) is 0.